The molecule has 0 bridgehead atoms. The van der Waals surface area contributed by atoms with Crippen molar-refractivity contribution in [3.8, 4) is 0 Å². The molecular weight excluding hydrogens is 320 g/mol. The molecule has 1 fully saturated rings. The quantitative estimate of drug-likeness (QED) is 0.372. The lowest BCUT2D eigenvalue weighted by atomic mass is 9.84. The van der Waals surface area contributed by atoms with Gasteiger partial charge in [0.2, 0.25) is 6.29 Å². The maximum Gasteiger partial charge on any atom is 0.208 e. The Morgan fingerprint density at radius 1 is 1.25 bits per heavy atom. The maximum atomic E-state index is 11.2. The van der Waals surface area contributed by atoms with E-state index in [0.717, 1.165) is 11.9 Å². The molecule has 8 atom stereocenters. The fraction of sp³-hybridized carbons (Fsp3) is 0.688. The van der Waals surface area contributed by atoms with E-state index in [1.54, 1.807) is 0 Å². The average molecular weight is 342 g/mol. The molecule has 0 aromatic heterocycles. The molecule has 0 spiro atoms. The predicted octanol–water partition coefficient (Wildman–Crippen LogP) is -1.18. The van der Waals surface area contributed by atoms with Gasteiger partial charge in [-0.2, -0.15) is 0 Å². The van der Waals surface area contributed by atoms with E-state index in [0.29, 0.717) is 12.0 Å². The summed E-state index contributed by atoms with van der Waals surface area (Å²) < 4.78 is 16.5. The van der Waals surface area contributed by atoms with Crippen LogP contribution in [0.1, 0.15) is 13.3 Å². The third-order valence-electron chi connectivity index (χ3n) is 4.97. The van der Waals surface area contributed by atoms with E-state index < -0.39 is 43.6 Å². The molecule has 8 nitrogen and oxygen atoms in total. The first kappa shape index (κ1) is 17.5. The van der Waals surface area contributed by atoms with Crippen LogP contribution in [0.3, 0.4) is 0 Å². The summed E-state index contributed by atoms with van der Waals surface area (Å²) in [5, 5.41) is 38.9. The Bertz CT molecular complexity index is 542. The highest BCUT2D eigenvalue weighted by molar-refractivity contribution is 5.74. The first-order chi connectivity index (χ1) is 11.5. The topological polar surface area (TPSA) is 126 Å². The lowest BCUT2D eigenvalue weighted by Gasteiger charge is -2.42. The zero-order valence-corrected chi connectivity index (χ0v) is 13.2. The van der Waals surface area contributed by atoms with Crippen LogP contribution >= 0.6 is 0 Å². The standard InChI is InChI=1S/C16H22O8/c1-7-2-3-9-8(4-17)6-22-15(11(7)9)24-16-14(21)13(20)12(19)10(5-18)23-16/h2,4,6,9-16,18-21H,3,5H2,1H3/t9-,10+,11-,12+,13-,14+,15+,16-/m0/s1. The van der Waals surface area contributed by atoms with Crippen LogP contribution in [0.4, 0.5) is 0 Å². The fourth-order valence-electron chi connectivity index (χ4n) is 3.52. The van der Waals surface area contributed by atoms with Gasteiger partial charge in [0.25, 0.3) is 0 Å². The number of hydrogen-bond acceptors (Lipinski definition) is 8. The molecule has 1 aliphatic carbocycles. The van der Waals surface area contributed by atoms with Crippen molar-refractivity contribution in [2.75, 3.05) is 6.61 Å². The van der Waals surface area contributed by atoms with Crippen LogP contribution in [0.25, 0.3) is 0 Å². The number of carbonyl (C=O) groups excluding carboxylic acids is 1. The third-order valence-corrected chi connectivity index (χ3v) is 4.97. The number of ether oxygens (including phenoxy) is 3. The van der Waals surface area contributed by atoms with E-state index in [4.69, 9.17) is 14.2 Å². The van der Waals surface area contributed by atoms with Gasteiger partial charge in [0, 0.05) is 17.4 Å². The van der Waals surface area contributed by atoms with Crippen molar-refractivity contribution in [2.45, 2.75) is 50.3 Å². The molecule has 24 heavy (non-hydrogen) atoms. The molecular formula is C16H22O8. The molecule has 134 valence electrons. The van der Waals surface area contributed by atoms with Crippen molar-refractivity contribution in [1.82, 2.24) is 0 Å². The van der Waals surface area contributed by atoms with E-state index in [9.17, 15) is 25.2 Å². The van der Waals surface area contributed by atoms with Gasteiger partial charge < -0.3 is 34.6 Å². The number of aliphatic hydroxyl groups is 4. The largest absolute Gasteiger partial charge is 0.471 e. The van der Waals surface area contributed by atoms with Gasteiger partial charge in [-0.05, 0) is 13.3 Å². The van der Waals surface area contributed by atoms with Gasteiger partial charge in [0.05, 0.1) is 12.9 Å². The van der Waals surface area contributed by atoms with Gasteiger partial charge in [-0.15, -0.1) is 0 Å². The minimum atomic E-state index is -1.51. The molecule has 0 aromatic carbocycles. The number of aldehydes is 1. The Morgan fingerprint density at radius 2 is 2.00 bits per heavy atom. The first-order valence-corrected chi connectivity index (χ1v) is 7.91. The normalized spacial score (nSPS) is 45.0. The second kappa shape index (κ2) is 6.91. The molecule has 0 amide bonds. The molecule has 0 radical (unpaired) electrons. The van der Waals surface area contributed by atoms with Gasteiger partial charge in [-0.1, -0.05) is 11.6 Å². The Morgan fingerprint density at radius 3 is 2.67 bits per heavy atom. The van der Waals surface area contributed by atoms with E-state index in [-0.39, 0.29) is 11.8 Å². The summed E-state index contributed by atoms with van der Waals surface area (Å²) >= 11 is 0. The second-order valence-electron chi connectivity index (χ2n) is 6.39. The second-order valence-corrected chi connectivity index (χ2v) is 6.39. The highest BCUT2D eigenvalue weighted by Gasteiger charge is 2.48. The molecule has 3 rings (SSSR count). The van der Waals surface area contributed by atoms with E-state index >= 15 is 0 Å². The monoisotopic (exact) mass is 342 g/mol. The molecule has 3 aliphatic rings. The summed E-state index contributed by atoms with van der Waals surface area (Å²) in [4.78, 5) is 11.2. The maximum absolute atomic E-state index is 11.2. The van der Waals surface area contributed by atoms with Crippen LogP contribution in [0.2, 0.25) is 0 Å². The summed E-state index contributed by atoms with van der Waals surface area (Å²) in [7, 11) is 0. The Hall–Kier alpha value is -1.29. The summed E-state index contributed by atoms with van der Waals surface area (Å²) in [5.41, 5.74) is 1.55. The van der Waals surface area contributed by atoms with Crippen LogP contribution in [0, 0.1) is 11.8 Å². The van der Waals surface area contributed by atoms with Crippen LogP contribution in [-0.4, -0.2) is 70.3 Å². The number of hydrogen-bond donors (Lipinski definition) is 4. The summed E-state index contributed by atoms with van der Waals surface area (Å²) in [6.07, 6.45) is -2.78. The number of rotatable bonds is 4. The third kappa shape index (κ3) is 2.90. The number of allylic oxidation sites excluding steroid dienone is 2. The van der Waals surface area contributed by atoms with Gasteiger partial charge in [0.15, 0.2) is 6.29 Å². The fourth-order valence-corrected chi connectivity index (χ4v) is 3.52. The zero-order chi connectivity index (χ0) is 17.4. The lowest BCUT2D eigenvalue weighted by Crippen LogP contribution is -2.60. The molecule has 4 N–H and O–H groups in total. The van der Waals surface area contributed by atoms with Crippen LogP contribution in [-0.2, 0) is 19.0 Å². The number of fused-ring (bicyclic) bond motifs is 1. The molecule has 0 saturated carbocycles. The predicted molar refractivity (Wildman–Crippen MR) is 79.2 cm³/mol. The first-order valence-electron chi connectivity index (χ1n) is 7.91. The van der Waals surface area contributed by atoms with E-state index in [1.165, 1.54) is 6.26 Å². The zero-order valence-electron chi connectivity index (χ0n) is 13.2. The van der Waals surface area contributed by atoms with Crippen LogP contribution in [0.5, 0.6) is 0 Å². The van der Waals surface area contributed by atoms with Crippen LogP contribution in [0.15, 0.2) is 23.5 Å². The SMILES string of the molecule is CC1=CC[C@H]2C(C=O)=CO[C@H](O[C@@H]3O[C@H](CO)[C@@H](O)[C@H](O)[C@H]3O)[C@@H]12. The Balaban J connectivity index is 1.76. The summed E-state index contributed by atoms with van der Waals surface area (Å²) in [6, 6.07) is 0. The van der Waals surface area contributed by atoms with E-state index in [1.807, 2.05) is 13.0 Å². The van der Waals surface area contributed by atoms with Crippen molar-refractivity contribution in [2.24, 2.45) is 11.8 Å². The minimum absolute atomic E-state index is 0.0638. The van der Waals surface area contributed by atoms with Crippen molar-refractivity contribution < 1.29 is 39.4 Å². The van der Waals surface area contributed by atoms with Crippen molar-refractivity contribution >= 4 is 6.29 Å². The van der Waals surface area contributed by atoms with Gasteiger partial charge in [-0.25, -0.2) is 0 Å². The molecule has 0 unspecified atom stereocenters. The molecule has 0 aromatic rings. The molecule has 1 saturated heterocycles. The highest BCUT2D eigenvalue weighted by Crippen LogP contribution is 2.43. The van der Waals surface area contributed by atoms with E-state index in [2.05, 4.69) is 0 Å². The molecule has 2 heterocycles. The van der Waals surface area contributed by atoms with Gasteiger partial charge >= 0.3 is 0 Å². The average Bonchev–Trinajstić information content (AvgIpc) is 2.98. The molecule has 8 heteroatoms. The van der Waals surface area contributed by atoms with Crippen molar-refractivity contribution in [3.05, 3.63) is 23.5 Å². The summed E-state index contributed by atoms with van der Waals surface area (Å²) in [5.74, 6) is -0.270. The Labute approximate surface area is 138 Å². The smallest absolute Gasteiger partial charge is 0.208 e. The van der Waals surface area contributed by atoms with Gasteiger partial charge in [0.1, 0.15) is 30.7 Å². The van der Waals surface area contributed by atoms with Crippen molar-refractivity contribution in [3.63, 3.8) is 0 Å². The van der Waals surface area contributed by atoms with Crippen LogP contribution < -0.4 is 0 Å². The number of aliphatic hydroxyl groups excluding tert-OH is 4. The summed E-state index contributed by atoms with van der Waals surface area (Å²) in [6.45, 7) is 1.38. The van der Waals surface area contributed by atoms with Gasteiger partial charge in [-0.3, -0.25) is 4.79 Å². The Kier molecular flexibility index (Phi) is 5.05. The minimum Gasteiger partial charge on any atom is -0.471 e. The number of carbonyl (C=O) groups is 1. The lowest BCUT2D eigenvalue weighted by molar-refractivity contribution is -0.339. The van der Waals surface area contributed by atoms with Crippen molar-refractivity contribution in [1.29, 1.82) is 0 Å². The highest BCUT2D eigenvalue weighted by atomic mass is 16.8. The molecule has 2 aliphatic heterocycles.